The molecule has 3 aliphatic rings. The quantitative estimate of drug-likeness (QED) is 0.688. The van der Waals surface area contributed by atoms with Crippen molar-refractivity contribution in [2.45, 2.75) is 52.5 Å². The maximum absolute atomic E-state index is 13.4. The molecule has 2 saturated carbocycles. The molecule has 29 heavy (non-hydrogen) atoms. The van der Waals surface area contributed by atoms with E-state index in [1.54, 1.807) is 6.08 Å². The van der Waals surface area contributed by atoms with Gasteiger partial charge in [0.1, 0.15) is 11.7 Å². The van der Waals surface area contributed by atoms with Crippen LogP contribution in [-0.2, 0) is 19.6 Å². The first-order valence-electron chi connectivity index (χ1n) is 10.4. The van der Waals surface area contributed by atoms with Crippen LogP contribution in [0, 0.1) is 22.7 Å². The molecule has 1 saturated heterocycles. The fourth-order valence-corrected chi connectivity index (χ4v) is 8.65. The highest BCUT2D eigenvalue weighted by Crippen LogP contribution is 2.70. The number of fused-ring (bicyclic) bond motifs is 1. The van der Waals surface area contributed by atoms with Crippen LogP contribution in [-0.4, -0.2) is 36.2 Å². The van der Waals surface area contributed by atoms with E-state index in [-0.39, 0.29) is 34.8 Å². The van der Waals surface area contributed by atoms with E-state index in [0.29, 0.717) is 5.92 Å². The van der Waals surface area contributed by atoms with Crippen LogP contribution in [0.2, 0.25) is 0 Å². The van der Waals surface area contributed by atoms with Gasteiger partial charge in [-0.25, -0.2) is 12.7 Å². The van der Waals surface area contributed by atoms with Crippen molar-refractivity contribution in [2.75, 3.05) is 5.75 Å². The molecule has 1 aromatic carbocycles. The molecular weight excluding hydrogens is 386 g/mol. The number of amides is 1. The van der Waals surface area contributed by atoms with E-state index in [9.17, 15) is 18.0 Å². The van der Waals surface area contributed by atoms with Gasteiger partial charge in [-0.15, -0.1) is 0 Å². The van der Waals surface area contributed by atoms with Gasteiger partial charge >= 0.3 is 0 Å². The zero-order chi connectivity index (χ0) is 21.0. The second-order valence-corrected chi connectivity index (χ2v) is 11.3. The van der Waals surface area contributed by atoms with Crippen molar-refractivity contribution < 1.29 is 18.0 Å². The van der Waals surface area contributed by atoms with Gasteiger partial charge in [0.25, 0.3) is 0 Å². The summed E-state index contributed by atoms with van der Waals surface area (Å²) in [6, 6.07) is 9.33. The number of hydrogen-bond acceptors (Lipinski definition) is 4. The first kappa shape index (κ1) is 20.3. The summed E-state index contributed by atoms with van der Waals surface area (Å²) in [5.74, 6) is -1.31. The fourth-order valence-electron chi connectivity index (χ4n) is 6.08. The van der Waals surface area contributed by atoms with Crippen molar-refractivity contribution in [1.82, 2.24) is 4.31 Å². The number of sulfonamides is 1. The summed E-state index contributed by atoms with van der Waals surface area (Å²) in [5, 5.41) is 0. The average molecular weight is 416 g/mol. The normalized spacial score (nSPS) is 32.4. The fraction of sp³-hybridized carbons (Fsp3) is 0.565. The number of Topliss-reactive ketones (excluding diaryl/α,β-unsaturated/α-hetero) is 1. The minimum Gasteiger partial charge on any atom is -0.299 e. The van der Waals surface area contributed by atoms with Gasteiger partial charge in [-0.3, -0.25) is 9.59 Å². The van der Waals surface area contributed by atoms with Crippen molar-refractivity contribution in [3.8, 4) is 0 Å². The largest absolute Gasteiger partial charge is 0.299 e. The number of nitrogens with zero attached hydrogens (tertiary/aromatic N) is 1. The van der Waals surface area contributed by atoms with Crippen LogP contribution in [0.4, 0.5) is 0 Å². The molecule has 0 unspecified atom stereocenters. The van der Waals surface area contributed by atoms with Crippen molar-refractivity contribution in [1.29, 1.82) is 0 Å². The first-order valence-corrected chi connectivity index (χ1v) is 12.0. The highest BCUT2D eigenvalue weighted by Gasteiger charge is 2.72. The number of rotatable bonds is 5. The molecule has 5 nitrogen and oxygen atoms in total. The summed E-state index contributed by atoms with van der Waals surface area (Å²) in [6.45, 7) is 5.68. The van der Waals surface area contributed by atoms with Gasteiger partial charge in [0.2, 0.25) is 15.9 Å². The molecule has 1 aliphatic heterocycles. The highest BCUT2D eigenvalue weighted by atomic mass is 32.2. The average Bonchev–Trinajstić information content (AvgIpc) is 3.13. The summed E-state index contributed by atoms with van der Waals surface area (Å²) in [5.41, 5.74) is 0.511. The van der Waals surface area contributed by atoms with Gasteiger partial charge in [0.15, 0.2) is 0 Å². The lowest BCUT2D eigenvalue weighted by molar-refractivity contribution is -0.138. The van der Waals surface area contributed by atoms with Crippen molar-refractivity contribution in [3.63, 3.8) is 0 Å². The van der Waals surface area contributed by atoms with Crippen LogP contribution in [0.1, 0.15) is 52.0 Å². The molecule has 4 atom stereocenters. The first-order chi connectivity index (χ1) is 13.6. The molecule has 0 aromatic heterocycles. The van der Waals surface area contributed by atoms with Crippen LogP contribution >= 0.6 is 0 Å². The Kier molecular flexibility index (Phi) is 4.76. The predicted octanol–water partition coefficient (Wildman–Crippen LogP) is 3.66. The molecule has 2 bridgehead atoms. The Labute approximate surface area is 173 Å². The van der Waals surface area contributed by atoms with Gasteiger partial charge < -0.3 is 0 Å². The Morgan fingerprint density at radius 3 is 2.55 bits per heavy atom. The van der Waals surface area contributed by atoms with Gasteiger partial charge in [-0.1, -0.05) is 56.3 Å². The molecule has 2 aliphatic carbocycles. The third-order valence-corrected chi connectivity index (χ3v) is 9.81. The SMILES string of the molecule is CC(=O)[C@@H](C/C=C/c1ccccc1)C(=O)N1[C@@H]2C[C@H]3CC[C@]2(CS1(=O)=O)C3(C)C. The zero-order valence-electron chi connectivity index (χ0n) is 17.3. The number of allylic oxidation sites excluding steroid dienone is 1. The molecule has 4 rings (SSSR count). The van der Waals surface area contributed by atoms with E-state index in [0.717, 1.165) is 29.1 Å². The van der Waals surface area contributed by atoms with Crippen molar-refractivity contribution in [2.24, 2.45) is 22.7 Å². The number of ketones is 1. The summed E-state index contributed by atoms with van der Waals surface area (Å²) in [4.78, 5) is 25.7. The van der Waals surface area contributed by atoms with E-state index in [2.05, 4.69) is 13.8 Å². The lowest BCUT2D eigenvalue weighted by Crippen LogP contribution is -2.47. The van der Waals surface area contributed by atoms with Crippen LogP contribution in [0.5, 0.6) is 0 Å². The summed E-state index contributed by atoms with van der Waals surface area (Å²) >= 11 is 0. The maximum atomic E-state index is 13.4. The number of carbonyl (C=O) groups excluding carboxylic acids is 2. The van der Waals surface area contributed by atoms with E-state index < -0.39 is 21.8 Å². The molecule has 1 aromatic rings. The van der Waals surface area contributed by atoms with Crippen molar-refractivity contribution in [3.05, 3.63) is 42.0 Å². The molecule has 0 N–H and O–H groups in total. The highest BCUT2D eigenvalue weighted by molar-refractivity contribution is 7.90. The number of benzene rings is 1. The van der Waals surface area contributed by atoms with Crippen LogP contribution in [0.3, 0.4) is 0 Å². The number of hydrogen-bond donors (Lipinski definition) is 0. The Bertz CT molecular complexity index is 966. The van der Waals surface area contributed by atoms with Gasteiger partial charge in [-0.2, -0.15) is 0 Å². The molecule has 156 valence electrons. The summed E-state index contributed by atoms with van der Waals surface area (Å²) < 4.78 is 27.3. The molecule has 6 heteroatoms. The number of carbonyl (C=O) groups is 2. The van der Waals surface area contributed by atoms with Gasteiger partial charge in [0, 0.05) is 5.41 Å². The Balaban J connectivity index is 1.60. The second kappa shape index (κ2) is 6.79. The monoisotopic (exact) mass is 415 g/mol. The topological polar surface area (TPSA) is 71.5 Å². The second-order valence-electron chi connectivity index (χ2n) is 9.47. The summed E-state index contributed by atoms with van der Waals surface area (Å²) in [6.07, 6.45) is 6.46. The van der Waals surface area contributed by atoms with Crippen molar-refractivity contribution >= 4 is 27.8 Å². The van der Waals surface area contributed by atoms with E-state index >= 15 is 0 Å². The molecule has 0 radical (unpaired) electrons. The third kappa shape index (κ3) is 2.98. The minimum absolute atomic E-state index is 0.0321. The molecular formula is C23H29NO4S. The smallest absolute Gasteiger partial charge is 0.247 e. The maximum Gasteiger partial charge on any atom is 0.247 e. The van der Waals surface area contributed by atoms with Crippen LogP contribution in [0.25, 0.3) is 6.08 Å². The molecule has 1 amide bonds. The molecule has 1 heterocycles. The standard InChI is InChI=1S/C23H29NO4S/c1-16(25)19(11-7-10-17-8-5-4-6-9-17)21(26)24-20-14-18-12-13-23(20,22(18,2)3)15-29(24,27)28/h4-10,18-20H,11-15H2,1-3H3/b10-7+/t18-,19-,20-,23-/m1/s1. The van der Waals surface area contributed by atoms with Gasteiger partial charge in [0.05, 0.1) is 11.8 Å². The van der Waals surface area contributed by atoms with Gasteiger partial charge in [-0.05, 0) is 49.5 Å². The Morgan fingerprint density at radius 2 is 1.93 bits per heavy atom. The Hall–Kier alpha value is -1.95. The van der Waals surface area contributed by atoms with Crippen LogP contribution in [0.15, 0.2) is 36.4 Å². The summed E-state index contributed by atoms with van der Waals surface area (Å²) in [7, 11) is -3.71. The predicted molar refractivity (Wildman–Crippen MR) is 112 cm³/mol. The third-order valence-electron chi connectivity index (χ3n) is 7.90. The zero-order valence-corrected chi connectivity index (χ0v) is 18.1. The molecule has 1 spiro atoms. The van der Waals surface area contributed by atoms with Crippen LogP contribution < -0.4 is 0 Å². The molecule has 3 fully saturated rings. The minimum atomic E-state index is -3.71. The lowest BCUT2D eigenvalue weighted by atomic mass is 9.69. The van der Waals surface area contributed by atoms with E-state index in [1.165, 1.54) is 6.92 Å². The van der Waals surface area contributed by atoms with E-state index in [1.807, 2.05) is 36.4 Å². The Morgan fingerprint density at radius 1 is 1.24 bits per heavy atom. The lowest BCUT2D eigenvalue weighted by Gasteiger charge is -2.37. The van der Waals surface area contributed by atoms with E-state index in [4.69, 9.17) is 0 Å².